The van der Waals surface area contributed by atoms with Crippen LogP contribution in [0.2, 0.25) is 0 Å². The highest BCUT2D eigenvalue weighted by molar-refractivity contribution is 6.05. The van der Waals surface area contributed by atoms with Crippen molar-refractivity contribution in [2.24, 2.45) is 0 Å². The van der Waals surface area contributed by atoms with Crippen LogP contribution in [0, 0.1) is 6.92 Å². The minimum atomic E-state index is -4.43. The van der Waals surface area contributed by atoms with Crippen LogP contribution in [0.15, 0.2) is 24.5 Å². The lowest BCUT2D eigenvalue weighted by Gasteiger charge is -2.24. The number of H-pyrrole nitrogens is 1. The predicted octanol–water partition coefficient (Wildman–Crippen LogP) is 4.96. The van der Waals surface area contributed by atoms with Gasteiger partial charge in [-0.1, -0.05) is 19.3 Å². The van der Waals surface area contributed by atoms with E-state index >= 15 is 0 Å². The molecule has 0 aromatic carbocycles. The Labute approximate surface area is 155 Å². The van der Waals surface area contributed by atoms with Gasteiger partial charge in [0.25, 0.3) is 5.91 Å². The molecule has 8 heteroatoms. The molecule has 1 aliphatic rings. The number of pyridine rings is 1. The number of alkyl halides is 3. The van der Waals surface area contributed by atoms with Gasteiger partial charge in [-0.15, -0.1) is 0 Å². The number of ether oxygens (including phenoxy) is 1. The number of aryl methyl sites for hydroxylation is 1. The van der Waals surface area contributed by atoms with Crippen molar-refractivity contribution in [3.05, 3.63) is 41.3 Å². The van der Waals surface area contributed by atoms with E-state index in [0.717, 1.165) is 37.8 Å². The summed E-state index contributed by atoms with van der Waals surface area (Å²) in [7, 11) is 0. The first kappa shape index (κ1) is 19.3. The summed E-state index contributed by atoms with van der Waals surface area (Å²) in [5.74, 6) is -0.218. The zero-order valence-electron chi connectivity index (χ0n) is 15.0. The van der Waals surface area contributed by atoms with Crippen molar-refractivity contribution in [2.45, 2.75) is 51.1 Å². The van der Waals surface area contributed by atoms with Gasteiger partial charge in [-0.25, -0.2) is 4.98 Å². The Kier molecular flexibility index (Phi) is 5.72. The Morgan fingerprint density at radius 2 is 2.07 bits per heavy atom. The van der Waals surface area contributed by atoms with Gasteiger partial charge >= 0.3 is 6.18 Å². The summed E-state index contributed by atoms with van der Waals surface area (Å²) in [5, 5.41) is 2.76. The molecule has 1 saturated carbocycles. The number of carbonyl (C=O) groups is 1. The van der Waals surface area contributed by atoms with Crippen molar-refractivity contribution in [1.29, 1.82) is 0 Å². The van der Waals surface area contributed by atoms with E-state index < -0.39 is 12.8 Å². The fraction of sp³-hybridized carbons (Fsp3) is 0.474. The highest BCUT2D eigenvalue weighted by Crippen LogP contribution is 2.38. The minimum absolute atomic E-state index is 0.00458. The number of hydrogen-bond acceptors (Lipinski definition) is 3. The zero-order valence-corrected chi connectivity index (χ0v) is 15.0. The van der Waals surface area contributed by atoms with Crippen molar-refractivity contribution in [1.82, 2.24) is 9.97 Å². The molecule has 0 saturated heterocycles. The van der Waals surface area contributed by atoms with Gasteiger partial charge in [0.1, 0.15) is 0 Å². The molecule has 2 aromatic heterocycles. The van der Waals surface area contributed by atoms with Crippen molar-refractivity contribution in [3.8, 4) is 5.88 Å². The number of halogens is 3. The van der Waals surface area contributed by atoms with Crippen molar-refractivity contribution < 1.29 is 22.7 Å². The summed E-state index contributed by atoms with van der Waals surface area (Å²) in [5.41, 5.74) is 2.31. The molecule has 1 fully saturated rings. The van der Waals surface area contributed by atoms with E-state index in [4.69, 9.17) is 4.74 Å². The molecule has 2 aromatic rings. The SMILES string of the molecule is Cc1[nH]ccc1C(=O)Nc1cnc(OCC(F)(F)F)c(C2CCCCC2)c1. The number of nitrogens with one attached hydrogen (secondary N) is 2. The van der Waals surface area contributed by atoms with E-state index in [1.807, 2.05) is 0 Å². The first-order valence-electron chi connectivity index (χ1n) is 8.98. The third kappa shape index (κ3) is 5.02. The monoisotopic (exact) mass is 381 g/mol. The predicted molar refractivity (Wildman–Crippen MR) is 95.1 cm³/mol. The topological polar surface area (TPSA) is 67.0 Å². The van der Waals surface area contributed by atoms with Crippen molar-refractivity contribution >= 4 is 11.6 Å². The maximum Gasteiger partial charge on any atom is 0.422 e. The van der Waals surface area contributed by atoms with Crippen LogP contribution in [-0.2, 0) is 0 Å². The van der Waals surface area contributed by atoms with E-state index in [-0.39, 0.29) is 17.7 Å². The molecular weight excluding hydrogens is 359 g/mol. The van der Waals surface area contributed by atoms with E-state index in [1.165, 1.54) is 6.20 Å². The van der Waals surface area contributed by atoms with Crippen LogP contribution in [0.3, 0.4) is 0 Å². The number of carbonyl (C=O) groups excluding carboxylic acids is 1. The normalized spacial score (nSPS) is 15.6. The number of nitrogens with zero attached hydrogens (tertiary/aromatic N) is 1. The number of rotatable bonds is 5. The standard InChI is InChI=1S/C19H22F3N3O2/c1-12-15(7-8-23-12)17(26)25-14-9-16(13-5-3-2-4-6-13)18(24-10-14)27-11-19(20,21)22/h7-10,13,23H,2-6,11H2,1H3,(H,25,26). The van der Waals surface area contributed by atoms with Gasteiger partial charge in [-0.2, -0.15) is 13.2 Å². The maximum absolute atomic E-state index is 12.5. The summed E-state index contributed by atoms with van der Waals surface area (Å²) in [6.07, 6.45) is 3.47. The fourth-order valence-corrected chi connectivity index (χ4v) is 3.41. The van der Waals surface area contributed by atoms with E-state index in [9.17, 15) is 18.0 Å². The fourth-order valence-electron chi connectivity index (χ4n) is 3.41. The molecule has 0 radical (unpaired) electrons. The molecule has 146 valence electrons. The largest absolute Gasteiger partial charge is 0.468 e. The molecule has 0 bridgehead atoms. The first-order chi connectivity index (χ1) is 12.8. The minimum Gasteiger partial charge on any atom is -0.468 e. The average Bonchev–Trinajstić information content (AvgIpc) is 3.06. The van der Waals surface area contributed by atoms with E-state index in [2.05, 4.69) is 15.3 Å². The number of amides is 1. The molecule has 1 amide bonds. The Bertz CT molecular complexity index is 796. The van der Waals surface area contributed by atoms with Gasteiger partial charge in [0.15, 0.2) is 6.61 Å². The number of anilines is 1. The second-order valence-corrected chi connectivity index (χ2v) is 6.83. The Morgan fingerprint density at radius 3 is 2.70 bits per heavy atom. The van der Waals surface area contributed by atoms with Crippen molar-refractivity contribution in [3.63, 3.8) is 0 Å². The van der Waals surface area contributed by atoms with Gasteiger partial charge < -0.3 is 15.0 Å². The average molecular weight is 381 g/mol. The second kappa shape index (κ2) is 8.02. The summed E-state index contributed by atoms with van der Waals surface area (Å²) >= 11 is 0. The molecular formula is C19H22F3N3O2. The second-order valence-electron chi connectivity index (χ2n) is 6.83. The lowest BCUT2D eigenvalue weighted by molar-refractivity contribution is -0.154. The Morgan fingerprint density at radius 1 is 1.33 bits per heavy atom. The van der Waals surface area contributed by atoms with Crippen LogP contribution in [-0.4, -0.2) is 28.7 Å². The number of aromatic amines is 1. The highest BCUT2D eigenvalue weighted by atomic mass is 19.4. The molecule has 0 spiro atoms. The third-order valence-electron chi connectivity index (χ3n) is 4.75. The lowest BCUT2D eigenvalue weighted by Crippen LogP contribution is -2.21. The van der Waals surface area contributed by atoms with Crippen LogP contribution >= 0.6 is 0 Å². The zero-order chi connectivity index (χ0) is 19.4. The maximum atomic E-state index is 12.5. The highest BCUT2D eigenvalue weighted by Gasteiger charge is 2.30. The van der Waals surface area contributed by atoms with Gasteiger partial charge in [-0.3, -0.25) is 4.79 Å². The van der Waals surface area contributed by atoms with Crippen LogP contribution in [0.1, 0.15) is 59.6 Å². The van der Waals surface area contributed by atoms with Gasteiger partial charge in [-0.05, 0) is 37.8 Å². The third-order valence-corrected chi connectivity index (χ3v) is 4.75. The molecule has 2 N–H and O–H groups in total. The van der Waals surface area contributed by atoms with Gasteiger partial charge in [0.2, 0.25) is 5.88 Å². The molecule has 1 aliphatic carbocycles. The molecule has 5 nitrogen and oxygen atoms in total. The van der Waals surface area contributed by atoms with Crippen LogP contribution in [0.4, 0.5) is 18.9 Å². The molecule has 0 atom stereocenters. The van der Waals surface area contributed by atoms with Gasteiger partial charge in [0.05, 0.1) is 17.4 Å². The smallest absolute Gasteiger partial charge is 0.422 e. The summed E-state index contributed by atoms with van der Waals surface area (Å²) < 4.78 is 42.6. The van der Waals surface area contributed by atoms with Crippen LogP contribution in [0.5, 0.6) is 5.88 Å². The molecule has 27 heavy (non-hydrogen) atoms. The quantitative estimate of drug-likeness (QED) is 0.769. The number of aromatic nitrogens is 2. The molecule has 0 aliphatic heterocycles. The summed E-state index contributed by atoms with van der Waals surface area (Å²) in [6.45, 7) is 0.405. The Hall–Kier alpha value is -2.51. The van der Waals surface area contributed by atoms with Gasteiger partial charge in [0, 0.05) is 17.5 Å². The van der Waals surface area contributed by atoms with Crippen molar-refractivity contribution in [2.75, 3.05) is 11.9 Å². The van der Waals surface area contributed by atoms with Crippen LogP contribution in [0.25, 0.3) is 0 Å². The number of hydrogen-bond donors (Lipinski definition) is 2. The molecule has 3 rings (SSSR count). The molecule has 2 heterocycles. The Balaban J connectivity index is 1.83. The van der Waals surface area contributed by atoms with E-state index in [1.54, 1.807) is 25.3 Å². The first-order valence-corrected chi connectivity index (χ1v) is 8.98. The van der Waals surface area contributed by atoms with E-state index in [0.29, 0.717) is 16.8 Å². The lowest BCUT2D eigenvalue weighted by atomic mass is 9.84. The van der Waals surface area contributed by atoms with Crippen LogP contribution < -0.4 is 10.1 Å². The summed E-state index contributed by atoms with van der Waals surface area (Å²) in [6, 6.07) is 3.36. The summed E-state index contributed by atoms with van der Waals surface area (Å²) in [4.78, 5) is 19.4. The molecule has 0 unspecified atom stereocenters.